The highest BCUT2D eigenvalue weighted by Gasteiger charge is 2.23. The van der Waals surface area contributed by atoms with Crippen molar-refractivity contribution < 1.29 is 23.8 Å². The molecule has 0 bridgehead atoms. The molecule has 0 fully saturated rings. The number of methoxy groups -OCH3 is 2. The first-order valence-corrected chi connectivity index (χ1v) is 7.42. The summed E-state index contributed by atoms with van der Waals surface area (Å²) in [4.78, 5) is 23.5. The van der Waals surface area contributed by atoms with E-state index in [9.17, 15) is 9.59 Å². The molecule has 0 aliphatic rings. The van der Waals surface area contributed by atoms with E-state index in [2.05, 4.69) is 4.74 Å². The van der Waals surface area contributed by atoms with E-state index in [1.807, 2.05) is 6.92 Å². The van der Waals surface area contributed by atoms with Gasteiger partial charge in [0.15, 0.2) is 12.4 Å². The summed E-state index contributed by atoms with van der Waals surface area (Å²) in [6, 6.07) is 3.03. The van der Waals surface area contributed by atoms with Gasteiger partial charge < -0.3 is 14.2 Å². The minimum Gasteiger partial charge on any atom is -0.480 e. The van der Waals surface area contributed by atoms with Gasteiger partial charge in [-0.1, -0.05) is 30.1 Å². The fourth-order valence-corrected chi connectivity index (χ4v) is 2.30. The van der Waals surface area contributed by atoms with Crippen LogP contribution in [-0.2, 0) is 14.3 Å². The number of ether oxygens (including phenoxy) is 3. The topological polar surface area (TPSA) is 61.8 Å². The van der Waals surface area contributed by atoms with Crippen molar-refractivity contribution in [1.82, 2.24) is 0 Å². The molecule has 0 saturated heterocycles. The van der Waals surface area contributed by atoms with E-state index in [0.29, 0.717) is 18.6 Å². The average Bonchev–Trinajstić information content (AvgIpc) is 2.53. The van der Waals surface area contributed by atoms with Crippen LogP contribution in [0.2, 0.25) is 10.0 Å². The van der Waals surface area contributed by atoms with E-state index >= 15 is 0 Å². The Bertz CT molecular complexity index is 545. The van der Waals surface area contributed by atoms with Gasteiger partial charge in [-0.3, -0.25) is 4.79 Å². The number of Topliss-reactive ketones (excluding diaryl/α,β-unsaturated/α-hetero) is 1. The molecular formula is C15H18Cl2O5. The maximum atomic E-state index is 12.4. The molecule has 0 heterocycles. The largest absolute Gasteiger partial charge is 0.480 e. The van der Waals surface area contributed by atoms with Crippen molar-refractivity contribution in [3.63, 3.8) is 0 Å². The average molecular weight is 349 g/mol. The third-order valence-electron chi connectivity index (χ3n) is 3.12. The van der Waals surface area contributed by atoms with E-state index < -0.39 is 5.97 Å². The summed E-state index contributed by atoms with van der Waals surface area (Å²) in [5.74, 6) is -0.761. The van der Waals surface area contributed by atoms with Gasteiger partial charge in [0.2, 0.25) is 0 Å². The zero-order chi connectivity index (χ0) is 16.7. The first kappa shape index (κ1) is 18.7. The summed E-state index contributed by atoms with van der Waals surface area (Å²) in [5, 5.41) is 0.187. The van der Waals surface area contributed by atoms with Gasteiger partial charge in [0.1, 0.15) is 10.8 Å². The Morgan fingerprint density at radius 2 is 1.86 bits per heavy atom. The highest BCUT2D eigenvalue weighted by atomic mass is 35.5. The van der Waals surface area contributed by atoms with Crippen LogP contribution in [0.1, 0.15) is 23.7 Å². The quantitative estimate of drug-likeness (QED) is 0.532. The first-order valence-electron chi connectivity index (χ1n) is 6.66. The van der Waals surface area contributed by atoms with E-state index in [1.54, 1.807) is 0 Å². The minimum absolute atomic E-state index is 0.0867. The second-order valence-corrected chi connectivity index (χ2v) is 5.28. The predicted molar refractivity (Wildman–Crippen MR) is 84.0 cm³/mol. The molecule has 1 unspecified atom stereocenters. The summed E-state index contributed by atoms with van der Waals surface area (Å²) in [7, 11) is 2.79. The highest BCUT2D eigenvalue weighted by molar-refractivity contribution is 6.44. The van der Waals surface area contributed by atoms with Crippen molar-refractivity contribution in [2.75, 3.05) is 27.4 Å². The van der Waals surface area contributed by atoms with Crippen molar-refractivity contribution in [3.8, 4) is 5.75 Å². The van der Waals surface area contributed by atoms with Crippen molar-refractivity contribution in [2.24, 2.45) is 5.92 Å². The van der Waals surface area contributed by atoms with Crippen LogP contribution in [-0.4, -0.2) is 39.2 Å². The van der Waals surface area contributed by atoms with Gasteiger partial charge >= 0.3 is 5.97 Å². The lowest BCUT2D eigenvalue weighted by atomic mass is 9.96. The van der Waals surface area contributed by atoms with Crippen LogP contribution in [0.3, 0.4) is 0 Å². The number of carbonyl (C=O) groups is 2. The molecule has 0 saturated carbocycles. The number of esters is 1. The van der Waals surface area contributed by atoms with Crippen LogP contribution < -0.4 is 4.74 Å². The lowest BCUT2D eigenvalue weighted by molar-refractivity contribution is -0.142. The molecule has 7 heteroatoms. The minimum atomic E-state index is -0.543. The zero-order valence-corrected chi connectivity index (χ0v) is 14.2. The predicted octanol–water partition coefficient (Wildman–Crippen LogP) is 3.40. The number of benzene rings is 1. The second-order valence-electron chi connectivity index (χ2n) is 4.53. The third-order valence-corrected chi connectivity index (χ3v) is 3.98. The van der Waals surface area contributed by atoms with Crippen LogP contribution in [0.25, 0.3) is 0 Å². The Labute approximate surface area is 139 Å². The van der Waals surface area contributed by atoms with Gasteiger partial charge in [0.05, 0.1) is 18.7 Å². The van der Waals surface area contributed by atoms with Crippen LogP contribution >= 0.6 is 23.2 Å². The molecule has 0 spiro atoms. The third kappa shape index (κ3) is 4.60. The van der Waals surface area contributed by atoms with Crippen molar-refractivity contribution in [1.29, 1.82) is 0 Å². The van der Waals surface area contributed by atoms with Crippen LogP contribution in [0.15, 0.2) is 12.1 Å². The van der Waals surface area contributed by atoms with E-state index in [-0.39, 0.29) is 34.1 Å². The molecule has 1 aromatic carbocycles. The van der Waals surface area contributed by atoms with Gasteiger partial charge in [-0.05, 0) is 18.6 Å². The fourth-order valence-electron chi connectivity index (χ4n) is 1.83. The number of halogens is 2. The standard InChI is InChI=1S/C15H18Cl2O5/c1-4-9(7-20-2)15(19)10-5-6-11(14(17)13(10)16)22-8-12(18)21-3/h5-6,9H,4,7-8H2,1-3H3. The molecule has 22 heavy (non-hydrogen) atoms. The molecule has 0 aromatic heterocycles. The SMILES string of the molecule is CCC(COC)C(=O)c1ccc(OCC(=O)OC)c(Cl)c1Cl. The van der Waals surface area contributed by atoms with Crippen molar-refractivity contribution in [2.45, 2.75) is 13.3 Å². The number of hydrogen-bond acceptors (Lipinski definition) is 5. The van der Waals surface area contributed by atoms with E-state index in [1.165, 1.54) is 26.4 Å². The lowest BCUT2D eigenvalue weighted by Gasteiger charge is -2.15. The Morgan fingerprint density at radius 3 is 2.41 bits per heavy atom. The molecule has 0 aliphatic heterocycles. The van der Waals surface area contributed by atoms with Gasteiger partial charge in [-0.15, -0.1) is 0 Å². The smallest absolute Gasteiger partial charge is 0.343 e. The van der Waals surface area contributed by atoms with Gasteiger partial charge in [0.25, 0.3) is 0 Å². The summed E-state index contributed by atoms with van der Waals surface area (Å²) < 4.78 is 14.7. The summed E-state index contributed by atoms with van der Waals surface area (Å²) in [5.41, 5.74) is 0.306. The van der Waals surface area contributed by atoms with Crippen LogP contribution in [0, 0.1) is 5.92 Å². The Balaban J connectivity index is 2.98. The molecule has 0 amide bonds. The van der Waals surface area contributed by atoms with E-state index in [0.717, 1.165) is 0 Å². The molecular weight excluding hydrogens is 331 g/mol. The zero-order valence-electron chi connectivity index (χ0n) is 12.7. The van der Waals surface area contributed by atoms with Gasteiger partial charge in [0, 0.05) is 18.6 Å². The molecule has 1 atom stereocenters. The molecule has 0 N–H and O–H groups in total. The highest BCUT2D eigenvalue weighted by Crippen LogP contribution is 2.36. The maximum Gasteiger partial charge on any atom is 0.343 e. The normalized spacial score (nSPS) is 11.9. The molecule has 5 nitrogen and oxygen atoms in total. The number of carbonyl (C=O) groups excluding carboxylic acids is 2. The van der Waals surface area contributed by atoms with Crippen LogP contribution in [0.4, 0.5) is 0 Å². The van der Waals surface area contributed by atoms with Gasteiger partial charge in [-0.2, -0.15) is 0 Å². The molecule has 122 valence electrons. The summed E-state index contributed by atoms with van der Waals surface area (Å²) >= 11 is 12.3. The Hall–Kier alpha value is -1.30. The Morgan fingerprint density at radius 1 is 1.18 bits per heavy atom. The number of hydrogen-bond donors (Lipinski definition) is 0. The number of ketones is 1. The maximum absolute atomic E-state index is 12.4. The number of rotatable bonds is 8. The molecule has 1 aromatic rings. The second kappa shape index (κ2) is 8.98. The lowest BCUT2D eigenvalue weighted by Crippen LogP contribution is -2.19. The Kier molecular flexibility index (Phi) is 7.65. The molecule has 0 aliphatic carbocycles. The summed E-state index contributed by atoms with van der Waals surface area (Å²) in [6.45, 7) is 1.91. The van der Waals surface area contributed by atoms with Crippen LogP contribution in [0.5, 0.6) is 5.75 Å². The van der Waals surface area contributed by atoms with Crippen molar-refractivity contribution in [3.05, 3.63) is 27.7 Å². The van der Waals surface area contributed by atoms with E-state index in [4.69, 9.17) is 32.7 Å². The fraction of sp³-hybridized carbons (Fsp3) is 0.467. The van der Waals surface area contributed by atoms with Gasteiger partial charge in [-0.25, -0.2) is 4.79 Å². The first-order chi connectivity index (χ1) is 10.5. The molecule has 0 radical (unpaired) electrons. The van der Waals surface area contributed by atoms with Crippen molar-refractivity contribution >= 4 is 35.0 Å². The monoisotopic (exact) mass is 348 g/mol. The molecule has 1 rings (SSSR count). The summed E-state index contributed by atoms with van der Waals surface area (Å²) in [6.07, 6.45) is 0.626.